The van der Waals surface area contributed by atoms with Gasteiger partial charge in [0.2, 0.25) is 0 Å². The first-order valence-electron chi connectivity index (χ1n) is 9.42. The summed E-state index contributed by atoms with van der Waals surface area (Å²) in [4.78, 5) is 11.4. The van der Waals surface area contributed by atoms with E-state index in [4.69, 9.17) is 4.74 Å². The second kappa shape index (κ2) is 8.96. The first-order valence-corrected chi connectivity index (χ1v) is 10.9. The van der Waals surface area contributed by atoms with Crippen LogP contribution >= 0.6 is 0 Å². The van der Waals surface area contributed by atoms with Crippen molar-refractivity contribution >= 4 is 32.5 Å². The van der Waals surface area contributed by atoms with Gasteiger partial charge >= 0.3 is 5.97 Å². The number of hydrogen-bond donors (Lipinski definition) is 2. The lowest BCUT2D eigenvalue weighted by molar-refractivity contribution is 0.0698. The summed E-state index contributed by atoms with van der Waals surface area (Å²) >= 11 is 0. The van der Waals surface area contributed by atoms with Gasteiger partial charge in [-0.15, -0.1) is 0 Å². The Bertz CT molecular complexity index is 1130. The minimum Gasteiger partial charge on any atom is -0.494 e. The van der Waals surface area contributed by atoms with Crippen LogP contribution in [0.1, 0.15) is 36.5 Å². The Morgan fingerprint density at radius 2 is 1.72 bits per heavy atom. The van der Waals surface area contributed by atoms with Crippen LogP contribution in [0.5, 0.6) is 5.75 Å². The molecule has 3 aromatic rings. The van der Waals surface area contributed by atoms with Crippen molar-refractivity contribution in [3.8, 4) is 5.75 Å². The largest absolute Gasteiger partial charge is 0.494 e. The smallest absolute Gasteiger partial charge is 0.337 e. The summed E-state index contributed by atoms with van der Waals surface area (Å²) in [6.45, 7) is 2.79. The molecule has 2 N–H and O–H groups in total. The van der Waals surface area contributed by atoms with Gasteiger partial charge in [0.25, 0.3) is 10.0 Å². The molecule has 0 saturated carbocycles. The van der Waals surface area contributed by atoms with Gasteiger partial charge in [-0.2, -0.15) is 0 Å². The van der Waals surface area contributed by atoms with E-state index in [9.17, 15) is 18.3 Å². The lowest BCUT2D eigenvalue weighted by Gasteiger charge is -2.12. The van der Waals surface area contributed by atoms with Crippen LogP contribution < -0.4 is 9.46 Å². The Hall–Kier alpha value is -3.06. The molecule has 0 heterocycles. The molecular formula is C22H23NO5S. The Morgan fingerprint density at radius 3 is 2.48 bits per heavy atom. The number of nitrogens with one attached hydrogen (secondary N) is 1. The Kier molecular flexibility index (Phi) is 6.39. The quantitative estimate of drug-likeness (QED) is 0.486. The van der Waals surface area contributed by atoms with Gasteiger partial charge in [-0.3, -0.25) is 4.72 Å². The van der Waals surface area contributed by atoms with E-state index < -0.39 is 16.0 Å². The van der Waals surface area contributed by atoms with E-state index in [-0.39, 0.29) is 16.1 Å². The summed E-state index contributed by atoms with van der Waals surface area (Å²) < 4.78 is 33.6. The molecule has 0 radical (unpaired) electrons. The van der Waals surface area contributed by atoms with E-state index in [2.05, 4.69) is 11.6 Å². The number of rotatable bonds is 9. The molecule has 7 heteroatoms. The van der Waals surface area contributed by atoms with Gasteiger partial charge < -0.3 is 9.84 Å². The van der Waals surface area contributed by atoms with Crippen LogP contribution in [0.15, 0.2) is 65.6 Å². The van der Waals surface area contributed by atoms with Crippen molar-refractivity contribution in [1.82, 2.24) is 0 Å². The molecule has 0 saturated heterocycles. The topological polar surface area (TPSA) is 92.7 Å². The first-order chi connectivity index (χ1) is 13.9. The van der Waals surface area contributed by atoms with E-state index in [1.165, 1.54) is 18.2 Å². The molecule has 0 spiro atoms. The third-order valence-corrected chi connectivity index (χ3v) is 5.88. The summed E-state index contributed by atoms with van der Waals surface area (Å²) in [5, 5.41) is 10.9. The maximum Gasteiger partial charge on any atom is 0.337 e. The molecule has 3 rings (SSSR count). The van der Waals surface area contributed by atoms with E-state index >= 15 is 0 Å². The number of anilines is 1. The monoisotopic (exact) mass is 413 g/mol. The molecule has 152 valence electrons. The second-order valence-electron chi connectivity index (χ2n) is 6.68. The van der Waals surface area contributed by atoms with Crippen LogP contribution in [0.3, 0.4) is 0 Å². The van der Waals surface area contributed by atoms with Crippen molar-refractivity contribution in [2.75, 3.05) is 11.3 Å². The molecule has 0 aromatic heterocycles. The molecule has 3 aromatic carbocycles. The number of unbranched alkanes of at least 4 members (excludes halogenated alkanes) is 2. The highest BCUT2D eigenvalue weighted by atomic mass is 32.2. The zero-order valence-corrected chi connectivity index (χ0v) is 16.9. The number of hydrogen-bond acceptors (Lipinski definition) is 4. The van der Waals surface area contributed by atoms with Gasteiger partial charge in [0.15, 0.2) is 0 Å². The van der Waals surface area contributed by atoms with Crippen LogP contribution in [0.2, 0.25) is 0 Å². The zero-order valence-electron chi connectivity index (χ0n) is 16.1. The van der Waals surface area contributed by atoms with Gasteiger partial charge in [0.05, 0.1) is 22.8 Å². The summed E-state index contributed by atoms with van der Waals surface area (Å²) in [5.74, 6) is -0.453. The maximum absolute atomic E-state index is 12.8. The van der Waals surface area contributed by atoms with Crippen LogP contribution in [0.25, 0.3) is 10.8 Å². The van der Waals surface area contributed by atoms with Gasteiger partial charge in [-0.1, -0.05) is 44.0 Å². The van der Waals surface area contributed by atoms with Gasteiger partial charge in [-0.05, 0) is 53.6 Å². The number of para-hydroxylation sites is 1. The normalized spacial score (nSPS) is 11.3. The molecule has 0 bridgehead atoms. The molecule has 0 unspecified atom stereocenters. The number of carboxylic acid groups (broad SMARTS) is 1. The van der Waals surface area contributed by atoms with E-state index in [1.54, 1.807) is 24.3 Å². The van der Waals surface area contributed by atoms with Crippen molar-refractivity contribution < 1.29 is 23.1 Å². The van der Waals surface area contributed by atoms with E-state index in [0.717, 1.165) is 35.8 Å². The highest BCUT2D eigenvalue weighted by molar-refractivity contribution is 7.92. The van der Waals surface area contributed by atoms with E-state index in [0.29, 0.717) is 6.61 Å². The Morgan fingerprint density at radius 1 is 1.00 bits per heavy atom. The third-order valence-electron chi connectivity index (χ3n) is 4.51. The standard InChI is InChI=1S/C22H23NO5S/c1-2-3-6-13-28-18-11-9-17-15-19(12-10-16(17)14-18)29(26,27)23-21-8-5-4-7-20(21)22(24)25/h4-5,7-12,14-15,23H,2-3,6,13H2,1H3,(H,24,25). The number of ether oxygens (including phenoxy) is 1. The molecule has 29 heavy (non-hydrogen) atoms. The molecule has 0 fully saturated rings. The zero-order chi connectivity index (χ0) is 20.9. The predicted molar refractivity (Wildman–Crippen MR) is 113 cm³/mol. The Balaban J connectivity index is 1.83. The van der Waals surface area contributed by atoms with Gasteiger partial charge in [0, 0.05) is 0 Å². The van der Waals surface area contributed by atoms with Gasteiger partial charge in [-0.25, -0.2) is 13.2 Å². The third kappa shape index (κ3) is 5.06. The van der Waals surface area contributed by atoms with Crippen LogP contribution in [-0.4, -0.2) is 26.1 Å². The summed E-state index contributed by atoms with van der Waals surface area (Å²) in [6.07, 6.45) is 3.24. The minimum absolute atomic E-state index is 0.0240. The molecule has 0 amide bonds. The fourth-order valence-electron chi connectivity index (χ4n) is 2.96. The number of fused-ring (bicyclic) bond motifs is 1. The maximum atomic E-state index is 12.8. The molecule has 0 atom stereocenters. The first kappa shape index (κ1) is 20.7. The lowest BCUT2D eigenvalue weighted by Crippen LogP contribution is -2.15. The lowest BCUT2D eigenvalue weighted by atomic mass is 10.1. The number of carboxylic acids is 1. The number of carbonyl (C=O) groups is 1. The Labute approximate surface area is 170 Å². The number of aromatic carboxylic acids is 1. The van der Waals surface area contributed by atoms with Crippen molar-refractivity contribution in [2.45, 2.75) is 31.1 Å². The van der Waals surface area contributed by atoms with E-state index in [1.807, 2.05) is 18.2 Å². The van der Waals surface area contributed by atoms with Crippen molar-refractivity contribution in [2.24, 2.45) is 0 Å². The number of benzene rings is 3. The van der Waals surface area contributed by atoms with Crippen LogP contribution in [-0.2, 0) is 10.0 Å². The second-order valence-corrected chi connectivity index (χ2v) is 8.36. The summed E-state index contributed by atoms with van der Waals surface area (Å²) in [5.41, 5.74) is -0.0855. The average Bonchev–Trinajstić information content (AvgIpc) is 2.70. The summed E-state index contributed by atoms with van der Waals surface area (Å²) in [7, 11) is -3.94. The molecule has 6 nitrogen and oxygen atoms in total. The molecule has 0 aliphatic rings. The molecule has 0 aliphatic carbocycles. The average molecular weight is 413 g/mol. The minimum atomic E-state index is -3.94. The predicted octanol–water partition coefficient (Wildman–Crippen LogP) is 4.91. The number of sulfonamides is 1. The van der Waals surface area contributed by atoms with Crippen LogP contribution in [0.4, 0.5) is 5.69 Å². The van der Waals surface area contributed by atoms with Crippen molar-refractivity contribution in [3.63, 3.8) is 0 Å². The van der Waals surface area contributed by atoms with Crippen molar-refractivity contribution in [1.29, 1.82) is 0 Å². The molecule has 0 aliphatic heterocycles. The molecular weight excluding hydrogens is 390 g/mol. The van der Waals surface area contributed by atoms with Crippen LogP contribution in [0, 0.1) is 0 Å². The highest BCUT2D eigenvalue weighted by Gasteiger charge is 2.18. The fourth-order valence-corrected chi connectivity index (χ4v) is 4.08. The van der Waals surface area contributed by atoms with Gasteiger partial charge in [0.1, 0.15) is 5.75 Å². The summed E-state index contributed by atoms with van der Waals surface area (Å²) in [6, 6.07) is 16.2. The SMILES string of the molecule is CCCCCOc1ccc2cc(S(=O)(=O)Nc3ccccc3C(=O)O)ccc2c1. The fraction of sp³-hybridized carbons (Fsp3) is 0.227. The van der Waals surface area contributed by atoms with Crippen molar-refractivity contribution in [3.05, 3.63) is 66.2 Å². The highest BCUT2D eigenvalue weighted by Crippen LogP contribution is 2.26.